The van der Waals surface area contributed by atoms with E-state index in [4.69, 9.17) is 0 Å². The van der Waals surface area contributed by atoms with Crippen LogP contribution in [0.25, 0.3) is 10.9 Å². The zero-order valence-electron chi connectivity index (χ0n) is 9.98. The first kappa shape index (κ1) is 12.7. The number of hydrogen-bond donors (Lipinski definition) is 1. The van der Waals surface area contributed by atoms with Gasteiger partial charge < -0.3 is 4.98 Å². The average molecular weight is 255 g/mol. The lowest BCUT2D eigenvalue weighted by atomic mass is 10.1. The Labute approximate surface area is 101 Å². The smallest absolute Gasteiger partial charge is 0.192 e. The van der Waals surface area contributed by atoms with Crippen molar-refractivity contribution in [3.05, 3.63) is 45.5 Å². The van der Waals surface area contributed by atoms with Crippen LogP contribution in [0, 0.1) is 23.4 Å². The number of rotatable bonds is 2. The van der Waals surface area contributed by atoms with E-state index in [0.29, 0.717) is 18.2 Å². The summed E-state index contributed by atoms with van der Waals surface area (Å²) in [5.41, 5.74) is -0.486. The van der Waals surface area contributed by atoms with Crippen LogP contribution >= 0.6 is 0 Å². The molecule has 2 aromatic rings. The fraction of sp³-hybridized carbons (Fsp3) is 0.308. The lowest BCUT2D eigenvalue weighted by Crippen LogP contribution is -2.11. The summed E-state index contributed by atoms with van der Waals surface area (Å²) in [6.07, 6.45) is 0.531. The van der Waals surface area contributed by atoms with Gasteiger partial charge in [0.2, 0.25) is 0 Å². The summed E-state index contributed by atoms with van der Waals surface area (Å²) in [5, 5.41) is -0.569. The molecule has 0 saturated carbocycles. The molecule has 1 aromatic heterocycles. The van der Waals surface area contributed by atoms with Gasteiger partial charge in [0.05, 0.1) is 10.9 Å². The van der Waals surface area contributed by atoms with Crippen molar-refractivity contribution >= 4 is 10.9 Å². The van der Waals surface area contributed by atoms with Gasteiger partial charge in [0.15, 0.2) is 22.9 Å². The summed E-state index contributed by atoms with van der Waals surface area (Å²) in [6.45, 7) is 3.87. The molecular weight excluding hydrogens is 243 g/mol. The number of H-pyrrole nitrogens is 1. The number of benzene rings is 1. The summed E-state index contributed by atoms with van der Waals surface area (Å²) in [5.74, 6) is -3.39. The van der Waals surface area contributed by atoms with Crippen LogP contribution in [0.1, 0.15) is 19.5 Å². The van der Waals surface area contributed by atoms with Crippen LogP contribution in [0.2, 0.25) is 0 Å². The van der Waals surface area contributed by atoms with E-state index in [-0.39, 0.29) is 11.4 Å². The Bertz CT molecular complexity index is 661. The quantitative estimate of drug-likeness (QED) is 0.821. The Kier molecular flexibility index (Phi) is 3.15. The second-order valence-electron chi connectivity index (χ2n) is 4.66. The molecule has 2 rings (SSSR count). The third-order valence-corrected chi connectivity index (χ3v) is 2.64. The standard InChI is InChI=1S/C13H12F3NO/c1-6(2)3-7-4-10(18)11-12(16)8(14)5-9(15)13(11)17-7/h4-6H,3H2,1-2H3,(H,17,18). The summed E-state index contributed by atoms with van der Waals surface area (Å²) < 4.78 is 40.1. The van der Waals surface area contributed by atoms with E-state index >= 15 is 0 Å². The molecule has 5 heteroatoms. The third-order valence-electron chi connectivity index (χ3n) is 2.64. The molecule has 2 nitrogen and oxygen atoms in total. The van der Waals surface area contributed by atoms with Gasteiger partial charge in [0.25, 0.3) is 0 Å². The molecule has 0 aliphatic rings. The van der Waals surface area contributed by atoms with Crippen LogP contribution in [0.5, 0.6) is 0 Å². The number of aromatic nitrogens is 1. The van der Waals surface area contributed by atoms with E-state index in [1.165, 1.54) is 6.07 Å². The Morgan fingerprint density at radius 1 is 1.17 bits per heavy atom. The molecule has 0 aliphatic heterocycles. The zero-order valence-corrected chi connectivity index (χ0v) is 9.98. The fourth-order valence-electron chi connectivity index (χ4n) is 1.93. The maximum absolute atomic E-state index is 13.5. The highest BCUT2D eigenvalue weighted by atomic mass is 19.2. The normalized spacial score (nSPS) is 11.4. The number of fused-ring (bicyclic) bond motifs is 1. The molecule has 1 N–H and O–H groups in total. The van der Waals surface area contributed by atoms with Gasteiger partial charge in [-0.15, -0.1) is 0 Å². The molecule has 1 aromatic carbocycles. The van der Waals surface area contributed by atoms with E-state index in [2.05, 4.69) is 4.98 Å². The van der Waals surface area contributed by atoms with Gasteiger partial charge >= 0.3 is 0 Å². The summed E-state index contributed by atoms with van der Waals surface area (Å²) in [4.78, 5) is 14.4. The minimum atomic E-state index is -1.36. The summed E-state index contributed by atoms with van der Waals surface area (Å²) in [6, 6.07) is 1.62. The maximum Gasteiger partial charge on any atom is 0.192 e. The molecule has 0 saturated heterocycles. The topological polar surface area (TPSA) is 32.9 Å². The maximum atomic E-state index is 13.5. The number of nitrogens with one attached hydrogen (secondary N) is 1. The molecule has 0 fully saturated rings. The average Bonchev–Trinajstić information content (AvgIpc) is 2.24. The zero-order chi connectivity index (χ0) is 13.4. The predicted octanol–water partition coefficient (Wildman–Crippen LogP) is 3.14. The van der Waals surface area contributed by atoms with Crippen molar-refractivity contribution in [1.29, 1.82) is 0 Å². The van der Waals surface area contributed by atoms with Crippen LogP contribution in [0.4, 0.5) is 13.2 Å². The second-order valence-corrected chi connectivity index (χ2v) is 4.66. The van der Waals surface area contributed by atoms with E-state index in [0.717, 1.165) is 0 Å². The molecule has 0 atom stereocenters. The lowest BCUT2D eigenvalue weighted by molar-refractivity contribution is 0.504. The van der Waals surface area contributed by atoms with Crippen LogP contribution in [0.3, 0.4) is 0 Å². The van der Waals surface area contributed by atoms with Crippen molar-refractivity contribution in [2.45, 2.75) is 20.3 Å². The van der Waals surface area contributed by atoms with Gasteiger partial charge in [-0.05, 0) is 12.3 Å². The van der Waals surface area contributed by atoms with Crippen molar-refractivity contribution in [2.24, 2.45) is 5.92 Å². The largest absolute Gasteiger partial charge is 0.356 e. The third kappa shape index (κ3) is 2.12. The van der Waals surface area contributed by atoms with Crippen molar-refractivity contribution in [3.63, 3.8) is 0 Å². The van der Waals surface area contributed by atoms with Gasteiger partial charge in [0, 0.05) is 17.8 Å². The van der Waals surface area contributed by atoms with Crippen LogP contribution in [-0.2, 0) is 6.42 Å². The summed E-state index contributed by atoms with van der Waals surface area (Å²) >= 11 is 0. The van der Waals surface area contributed by atoms with Gasteiger partial charge in [-0.1, -0.05) is 13.8 Å². The molecule has 0 unspecified atom stereocenters. The number of aromatic amines is 1. The van der Waals surface area contributed by atoms with Gasteiger partial charge in [-0.3, -0.25) is 4.79 Å². The van der Waals surface area contributed by atoms with Gasteiger partial charge in [-0.2, -0.15) is 0 Å². The molecule has 0 bridgehead atoms. The van der Waals surface area contributed by atoms with E-state index in [1.807, 2.05) is 13.8 Å². The first-order valence-corrected chi connectivity index (χ1v) is 5.59. The van der Waals surface area contributed by atoms with Crippen LogP contribution in [0.15, 0.2) is 16.9 Å². The highest BCUT2D eigenvalue weighted by Crippen LogP contribution is 2.20. The number of hydrogen-bond acceptors (Lipinski definition) is 1. The number of pyridine rings is 1. The Morgan fingerprint density at radius 3 is 2.44 bits per heavy atom. The monoisotopic (exact) mass is 255 g/mol. The molecule has 96 valence electrons. The van der Waals surface area contributed by atoms with Crippen molar-refractivity contribution in [2.75, 3.05) is 0 Å². The van der Waals surface area contributed by atoms with Gasteiger partial charge in [-0.25, -0.2) is 13.2 Å². The number of halogens is 3. The first-order chi connectivity index (χ1) is 8.40. The SMILES string of the molecule is CC(C)Cc1cc(=O)c2c(F)c(F)cc(F)c2[nH]1. The lowest BCUT2D eigenvalue weighted by Gasteiger charge is -2.08. The molecule has 0 amide bonds. The Morgan fingerprint density at radius 2 is 1.83 bits per heavy atom. The van der Waals surface area contributed by atoms with Gasteiger partial charge in [0.1, 0.15) is 0 Å². The minimum Gasteiger partial charge on any atom is -0.356 e. The van der Waals surface area contributed by atoms with Crippen LogP contribution < -0.4 is 5.43 Å². The Balaban J connectivity index is 2.78. The Hall–Kier alpha value is -1.78. The second kappa shape index (κ2) is 4.48. The molecular formula is C13H12F3NO. The van der Waals surface area contributed by atoms with E-state index in [1.54, 1.807) is 0 Å². The highest BCUT2D eigenvalue weighted by molar-refractivity contribution is 5.79. The van der Waals surface area contributed by atoms with Crippen molar-refractivity contribution in [1.82, 2.24) is 4.98 Å². The molecule has 0 radical (unpaired) electrons. The van der Waals surface area contributed by atoms with E-state index < -0.39 is 28.3 Å². The predicted molar refractivity (Wildman–Crippen MR) is 63.0 cm³/mol. The van der Waals surface area contributed by atoms with Crippen molar-refractivity contribution < 1.29 is 13.2 Å². The molecule has 1 heterocycles. The minimum absolute atomic E-state index is 0.256. The van der Waals surface area contributed by atoms with E-state index in [9.17, 15) is 18.0 Å². The fourth-order valence-corrected chi connectivity index (χ4v) is 1.93. The van der Waals surface area contributed by atoms with Crippen LogP contribution in [-0.4, -0.2) is 4.98 Å². The molecule has 0 spiro atoms. The highest BCUT2D eigenvalue weighted by Gasteiger charge is 2.16. The first-order valence-electron chi connectivity index (χ1n) is 5.59. The molecule has 0 aliphatic carbocycles. The summed E-state index contributed by atoms with van der Waals surface area (Å²) in [7, 11) is 0. The molecule has 18 heavy (non-hydrogen) atoms. The van der Waals surface area contributed by atoms with Crippen molar-refractivity contribution in [3.8, 4) is 0 Å².